The topological polar surface area (TPSA) is 37.3 Å². The Kier molecular flexibility index (Phi) is 5.32. The highest BCUT2D eigenvalue weighted by Crippen LogP contribution is 2.68. The maximum atomic E-state index is 12.3. The molecule has 2 heteroatoms. The van der Waals surface area contributed by atoms with Gasteiger partial charge in [0.05, 0.1) is 0 Å². The van der Waals surface area contributed by atoms with Crippen LogP contribution >= 0.6 is 0 Å². The molecule has 0 spiro atoms. The number of hydrogen-bond acceptors (Lipinski definition) is 2. The Balaban J connectivity index is 1.54. The molecule has 0 unspecified atom stereocenters. The fraction of sp³-hybridized carbons (Fsp3) is 0.815. The van der Waals surface area contributed by atoms with Gasteiger partial charge in [0.15, 0.2) is 11.5 Å². The zero-order chi connectivity index (χ0) is 21.1. The zero-order valence-corrected chi connectivity index (χ0v) is 19.5. The number of aliphatic hydroxyl groups is 1. The normalized spacial score (nSPS) is 44.2. The minimum absolute atomic E-state index is 0.00110. The molecule has 29 heavy (non-hydrogen) atoms. The number of ketones is 1. The minimum atomic E-state index is -0.0677. The van der Waals surface area contributed by atoms with Crippen LogP contribution < -0.4 is 0 Å². The Morgan fingerprint density at radius 2 is 1.72 bits per heavy atom. The van der Waals surface area contributed by atoms with Crippen LogP contribution in [0.4, 0.5) is 0 Å². The molecule has 0 bridgehead atoms. The quantitative estimate of drug-likeness (QED) is 0.512. The van der Waals surface area contributed by atoms with E-state index in [1.54, 1.807) is 0 Å². The first-order valence-corrected chi connectivity index (χ1v) is 12.2. The van der Waals surface area contributed by atoms with Gasteiger partial charge < -0.3 is 5.11 Å². The van der Waals surface area contributed by atoms with Crippen molar-refractivity contribution in [2.24, 2.45) is 52.3 Å². The van der Waals surface area contributed by atoms with Crippen molar-refractivity contribution in [3.8, 4) is 0 Å². The molecule has 0 radical (unpaired) electrons. The van der Waals surface area contributed by atoms with E-state index in [0.717, 1.165) is 29.7 Å². The molecule has 0 aromatic rings. The van der Waals surface area contributed by atoms with Crippen LogP contribution in [0.2, 0.25) is 0 Å². The van der Waals surface area contributed by atoms with Gasteiger partial charge in [-0.15, -0.1) is 0 Å². The van der Waals surface area contributed by atoms with Crippen LogP contribution in [-0.2, 0) is 4.79 Å². The van der Waals surface area contributed by atoms with Crippen molar-refractivity contribution in [1.82, 2.24) is 0 Å². The lowest BCUT2D eigenvalue weighted by atomic mass is 9.48. The highest BCUT2D eigenvalue weighted by molar-refractivity contribution is 5.97. The molecule has 4 aliphatic carbocycles. The second kappa shape index (κ2) is 7.27. The van der Waals surface area contributed by atoms with Gasteiger partial charge in [-0.3, -0.25) is 4.79 Å². The van der Waals surface area contributed by atoms with Gasteiger partial charge in [0.2, 0.25) is 0 Å². The van der Waals surface area contributed by atoms with Crippen molar-refractivity contribution in [3.05, 3.63) is 23.5 Å². The molecule has 162 valence electrons. The fourth-order valence-electron chi connectivity index (χ4n) is 8.12. The van der Waals surface area contributed by atoms with Crippen LogP contribution in [-0.4, -0.2) is 10.9 Å². The summed E-state index contributed by atoms with van der Waals surface area (Å²) in [6.07, 6.45) is 12.9. The SMILES string of the molecule is CC(C)[C@@H](C)/C=C/[C@@H](C)[C@H]1CC[C@H]2[C@@H]3CCC4=C(O)C(=O)C[C@]4(C)[C@H]3CC[C@]12C. The van der Waals surface area contributed by atoms with Gasteiger partial charge in [-0.2, -0.15) is 0 Å². The van der Waals surface area contributed by atoms with E-state index in [4.69, 9.17) is 0 Å². The Labute approximate surface area is 178 Å². The molecule has 2 nitrogen and oxygen atoms in total. The third-order valence-corrected chi connectivity index (χ3v) is 10.2. The van der Waals surface area contributed by atoms with Crippen LogP contribution in [0.25, 0.3) is 0 Å². The third-order valence-electron chi connectivity index (χ3n) is 10.2. The van der Waals surface area contributed by atoms with Gasteiger partial charge in [-0.05, 0) is 90.9 Å². The summed E-state index contributed by atoms with van der Waals surface area (Å²) in [6.45, 7) is 14.3. The summed E-state index contributed by atoms with van der Waals surface area (Å²) >= 11 is 0. The largest absolute Gasteiger partial charge is 0.504 e. The zero-order valence-electron chi connectivity index (χ0n) is 19.5. The van der Waals surface area contributed by atoms with Crippen molar-refractivity contribution in [1.29, 1.82) is 0 Å². The standard InChI is InChI=1S/C27H42O2/c1-16(2)17(3)7-8-18(4)20-11-12-21-19-9-10-23-25(29)24(28)15-27(23,6)22(19)13-14-26(20,21)5/h7-8,16-22,29H,9-15H2,1-6H3/b8-7+/t17-,18+,19-,20+,21-,22-,26+,27+/m0/s1. The number of fused-ring (bicyclic) bond motifs is 5. The lowest BCUT2D eigenvalue weighted by molar-refractivity contribution is -0.119. The van der Waals surface area contributed by atoms with Gasteiger partial charge in [0.1, 0.15) is 0 Å². The Morgan fingerprint density at radius 1 is 1.00 bits per heavy atom. The molecule has 0 aromatic heterocycles. The lowest BCUT2D eigenvalue weighted by Gasteiger charge is -2.56. The first kappa shape index (κ1) is 21.2. The summed E-state index contributed by atoms with van der Waals surface area (Å²) in [4.78, 5) is 12.3. The van der Waals surface area contributed by atoms with Gasteiger partial charge in [-0.1, -0.05) is 53.7 Å². The molecular weight excluding hydrogens is 356 g/mol. The van der Waals surface area contributed by atoms with Crippen molar-refractivity contribution < 1.29 is 9.90 Å². The van der Waals surface area contributed by atoms with E-state index in [-0.39, 0.29) is 17.0 Å². The number of aliphatic hydroxyl groups excluding tert-OH is 1. The average molecular weight is 399 g/mol. The summed E-state index contributed by atoms with van der Waals surface area (Å²) in [7, 11) is 0. The van der Waals surface area contributed by atoms with Crippen molar-refractivity contribution in [3.63, 3.8) is 0 Å². The number of hydrogen-bond donors (Lipinski definition) is 1. The van der Waals surface area contributed by atoms with Crippen LogP contribution in [0.3, 0.4) is 0 Å². The fourth-order valence-corrected chi connectivity index (χ4v) is 8.12. The van der Waals surface area contributed by atoms with Crippen molar-refractivity contribution in [2.45, 2.75) is 86.5 Å². The molecule has 3 saturated carbocycles. The summed E-state index contributed by atoms with van der Waals surface area (Å²) in [5.74, 6) is 5.02. The second-order valence-corrected chi connectivity index (χ2v) is 11.8. The number of carbonyl (C=O) groups excluding carboxylic acids is 1. The van der Waals surface area contributed by atoms with Crippen molar-refractivity contribution >= 4 is 5.78 Å². The molecule has 1 N–H and O–H groups in total. The molecule has 0 heterocycles. The Bertz CT molecular complexity index is 731. The van der Waals surface area contributed by atoms with E-state index in [1.807, 2.05) is 0 Å². The molecule has 0 amide bonds. The molecule has 8 atom stereocenters. The number of allylic oxidation sites excluding steroid dienone is 4. The van der Waals surface area contributed by atoms with E-state index in [9.17, 15) is 9.90 Å². The molecule has 4 rings (SSSR count). The molecule has 0 aromatic carbocycles. The molecular formula is C27H42O2. The third kappa shape index (κ3) is 3.15. The highest BCUT2D eigenvalue weighted by Gasteiger charge is 2.61. The first-order valence-electron chi connectivity index (χ1n) is 12.2. The van der Waals surface area contributed by atoms with E-state index in [0.29, 0.717) is 35.5 Å². The molecule has 0 saturated heterocycles. The monoisotopic (exact) mass is 398 g/mol. The van der Waals surface area contributed by atoms with Crippen LogP contribution in [0.15, 0.2) is 23.5 Å². The lowest BCUT2D eigenvalue weighted by Crippen LogP contribution is -2.49. The number of carbonyl (C=O) groups is 1. The predicted molar refractivity (Wildman–Crippen MR) is 119 cm³/mol. The Morgan fingerprint density at radius 3 is 2.41 bits per heavy atom. The average Bonchev–Trinajstić information content (AvgIpc) is 3.13. The van der Waals surface area contributed by atoms with Gasteiger partial charge >= 0.3 is 0 Å². The van der Waals surface area contributed by atoms with Gasteiger partial charge in [0.25, 0.3) is 0 Å². The van der Waals surface area contributed by atoms with E-state index in [2.05, 4.69) is 53.7 Å². The summed E-state index contributed by atoms with van der Waals surface area (Å²) in [5.41, 5.74) is 1.47. The van der Waals surface area contributed by atoms with Gasteiger partial charge in [0, 0.05) is 11.8 Å². The molecule has 4 aliphatic rings. The van der Waals surface area contributed by atoms with Crippen LogP contribution in [0.5, 0.6) is 0 Å². The maximum Gasteiger partial charge on any atom is 0.197 e. The summed E-state index contributed by atoms with van der Waals surface area (Å²) in [6, 6.07) is 0. The number of Topliss-reactive ketones (excluding diaryl/α,β-unsaturated/α-hetero) is 1. The predicted octanol–water partition coefficient (Wildman–Crippen LogP) is 7.11. The summed E-state index contributed by atoms with van der Waals surface area (Å²) in [5, 5.41) is 10.4. The highest BCUT2D eigenvalue weighted by atomic mass is 16.3. The smallest absolute Gasteiger partial charge is 0.197 e. The first-order chi connectivity index (χ1) is 13.6. The van der Waals surface area contributed by atoms with E-state index in [1.165, 1.54) is 32.1 Å². The van der Waals surface area contributed by atoms with E-state index < -0.39 is 0 Å². The molecule has 3 fully saturated rings. The van der Waals surface area contributed by atoms with Crippen LogP contribution in [0.1, 0.15) is 86.5 Å². The Hall–Kier alpha value is -1.05. The van der Waals surface area contributed by atoms with E-state index >= 15 is 0 Å². The minimum Gasteiger partial charge on any atom is -0.504 e. The second-order valence-electron chi connectivity index (χ2n) is 11.8. The van der Waals surface area contributed by atoms with Crippen LogP contribution in [0, 0.1) is 52.3 Å². The number of rotatable bonds is 4. The maximum absolute atomic E-state index is 12.3. The molecule has 0 aliphatic heterocycles. The van der Waals surface area contributed by atoms with Gasteiger partial charge in [-0.25, -0.2) is 0 Å². The summed E-state index contributed by atoms with van der Waals surface area (Å²) < 4.78 is 0. The van der Waals surface area contributed by atoms with Crippen molar-refractivity contribution in [2.75, 3.05) is 0 Å².